The van der Waals surface area contributed by atoms with E-state index in [0.29, 0.717) is 29.5 Å². The predicted molar refractivity (Wildman–Crippen MR) is 129 cm³/mol. The van der Waals surface area contributed by atoms with Crippen molar-refractivity contribution in [2.24, 2.45) is 45.8 Å². The summed E-state index contributed by atoms with van der Waals surface area (Å²) in [5.41, 5.74) is 0.862. The van der Waals surface area contributed by atoms with Crippen LogP contribution in [0.3, 0.4) is 0 Å². The Labute approximate surface area is 191 Å². The van der Waals surface area contributed by atoms with Crippen molar-refractivity contribution in [3.05, 3.63) is 11.6 Å². The summed E-state index contributed by atoms with van der Waals surface area (Å²) in [5.74, 6) is 3.54. The number of fused-ring (bicyclic) bond motifs is 5. The summed E-state index contributed by atoms with van der Waals surface area (Å²) in [6, 6.07) is 0. The second-order valence-electron chi connectivity index (χ2n) is 13.3. The molecule has 0 aromatic carbocycles. The van der Waals surface area contributed by atoms with Crippen LogP contribution in [0, 0.1) is 45.8 Å². The Morgan fingerprint density at radius 1 is 1.00 bits per heavy atom. The van der Waals surface area contributed by atoms with Crippen LogP contribution >= 0.6 is 0 Å². The lowest BCUT2D eigenvalue weighted by Crippen LogP contribution is -2.57. The number of rotatable bonds is 5. The molecule has 1 N–H and O–H groups in total. The van der Waals surface area contributed by atoms with Gasteiger partial charge in [-0.15, -0.1) is 0 Å². The van der Waals surface area contributed by atoms with E-state index in [2.05, 4.69) is 54.5 Å². The highest BCUT2D eigenvalue weighted by atomic mass is 16.3. The number of allylic oxidation sites excluding steroid dienone is 2. The molecule has 7 atom stereocenters. The topological polar surface area (TPSA) is 37.3 Å². The lowest BCUT2D eigenvalue weighted by Gasteiger charge is -2.61. The second kappa shape index (κ2) is 7.71. The van der Waals surface area contributed by atoms with Crippen molar-refractivity contribution in [1.82, 2.24) is 0 Å². The number of hydrogen-bond donors (Lipinski definition) is 1. The highest BCUT2D eigenvalue weighted by molar-refractivity contribution is 5.89. The third-order valence-corrected chi connectivity index (χ3v) is 11.2. The van der Waals surface area contributed by atoms with Crippen LogP contribution < -0.4 is 0 Å². The number of aliphatic hydroxyl groups is 1. The molecule has 0 bridgehead atoms. The highest BCUT2D eigenvalue weighted by Crippen LogP contribution is 2.69. The van der Waals surface area contributed by atoms with Gasteiger partial charge >= 0.3 is 0 Å². The van der Waals surface area contributed by atoms with Crippen LogP contribution in [0.15, 0.2) is 11.6 Å². The number of ketones is 1. The highest BCUT2D eigenvalue weighted by Gasteiger charge is 2.65. The summed E-state index contributed by atoms with van der Waals surface area (Å²) < 4.78 is 0. The molecule has 4 rings (SSSR count). The number of carbonyl (C=O) groups is 1. The summed E-state index contributed by atoms with van der Waals surface area (Å²) in [6.45, 7) is 16.2. The monoisotopic (exact) mass is 428 g/mol. The summed E-state index contributed by atoms with van der Waals surface area (Å²) in [7, 11) is 0. The molecule has 0 unspecified atom stereocenters. The Hall–Kier alpha value is -0.630. The lowest BCUT2D eigenvalue weighted by atomic mass is 9.44. The lowest BCUT2D eigenvalue weighted by molar-refractivity contribution is -0.153. The first kappa shape index (κ1) is 23.5. The van der Waals surface area contributed by atoms with Crippen LogP contribution in [0.4, 0.5) is 0 Å². The van der Waals surface area contributed by atoms with E-state index >= 15 is 0 Å². The van der Waals surface area contributed by atoms with Crippen LogP contribution in [-0.4, -0.2) is 16.5 Å². The predicted octanol–water partition coefficient (Wildman–Crippen LogP) is 7.35. The van der Waals surface area contributed by atoms with E-state index in [-0.39, 0.29) is 16.2 Å². The molecular weight excluding hydrogens is 380 g/mol. The van der Waals surface area contributed by atoms with Crippen LogP contribution in [0.5, 0.6) is 0 Å². The quantitative estimate of drug-likeness (QED) is 0.465. The molecule has 0 saturated heterocycles. The third kappa shape index (κ3) is 3.32. The third-order valence-electron chi connectivity index (χ3n) is 11.2. The minimum Gasteiger partial charge on any atom is -0.389 e. The first-order valence-corrected chi connectivity index (χ1v) is 13.3. The Morgan fingerprint density at radius 2 is 1.68 bits per heavy atom. The summed E-state index contributed by atoms with van der Waals surface area (Å²) >= 11 is 0. The van der Waals surface area contributed by atoms with Crippen LogP contribution in [0.25, 0.3) is 0 Å². The molecule has 0 spiro atoms. The maximum Gasteiger partial charge on any atom is 0.142 e. The van der Waals surface area contributed by atoms with Gasteiger partial charge in [0.1, 0.15) is 5.78 Å². The zero-order chi connectivity index (χ0) is 22.8. The molecule has 0 amide bonds. The molecule has 3 saturated carbocycles. The van der Waals surface area contributed by atoms with Gasteiger partial charge in [-0.25, -0.2) is 0 Å². The molecule has 2 heteroatoms. The fraction of sp³-hybridized carbons (Fsp3) is 0.897. The van der Waals surface area contributed by atoms with E-state index in [1.54, 1.807) is 0 Å². The van der Waals surface area contributed by atoms with Gasteiger partial charge in [0.2, 0.25) is 0 Å². The molecule has 31 heavy (non-hydrogen) atoms. The van der Waals surface area contributed by atoms with Gasteiger partial charge < -0.3 is 5.11 Å². The van der Waals surface area contributed by atoms with Crippen molar-refractivity contribution in [3.8, 4) is 0 Å². The van der Waals surface area contributed by atoms with E-state index in [1.807, 2.05) is 0 Å². The van der Waals surface area contributed by atoms with E-state index in [9.17, 15) is 9.90 Å². The largest absolute Gasteiger partial charge is 0.389 e. The van der Waals surface area contributed by atoms with Crippen molar-refractivity contribution >= 4 is 5.78 Å². The van der Waals surface area contributed by atoms with E-state index < -0.39 is 5.60 Å². The van der Waals surface area contributed by atoms with E-state index in [0.717, 1.165) is 44.4 Å². The average molecular weight is 429 g/mol. The summed E-state index contributed by atoms with van der Waals surface area (Å²) in [6.07, 6.45) is 13.6. The Kier molecular flexibility index (Phi) is 5.85. The second-order valence-corrected chi connectivity index (χ2v) is 13.3. The molecule has 176 valence electrons. The van der Waals surface area contributed by atoms with Crippen molar-refractivity contribution in [1.29, 1.82) is 0 Å². The number of Topliss-reactive ketones (excluding diaryl/α,β-unsaturated/α-hetero) is 1. The number of carbonyl (C=O) groups excluding carboxylic acids is 1. The smallest absolute Gasteiger partial charge is 0.142 e. The molecule has 2 nitrogen and oxygen atoms in total. The zero-order valence-electron chi connectivity index (χ0n) is 21.4. The SMILES string of the molecule is CC(C)CCC[C@@H](C)[C@]1(O)CC[C@H]2[C@@H]3CC=C4C(C)(C)C(=O)CC[C@]4(C)[C@H]3CC[C@@]21C. The van der Waals surface area contributed by atoms with Crippen molar-refractivity contribution in [2.45, 2.75) is 118 Å². The van der Waals surface area contributed by atoms with Gasteiger partial charge in [0.15, 0.2) is 0 Å². The van der Waals surface area contributed by atoms with Crippen LogP contribution in [0.1, 0.15) is 113 Å². The minimum absolute atomic E-state index is 0.0487. The molecule has 0 aliphatic heterocycles. The van der Waals surface area contributed by atoms with Crippen LogP contribution in [-0.2, 0) is 4.79 Å². The standard InChI is InChI=1S/C29H48O2/c1-19(2)9-8-10-20(3)29(31)18-14-23-21-11-12-24-26(4,5)25(30)15-16-27(24,6)22(21)13-17-28(23,29)7/h12,19-23,31H,8-11,13-18H2,1-7H3/t20-,21-,22+,23+,27-,28+,29-/m1/s1. The Bertz CT molecular complexity index is 748. The Balaban J connectivity index is 1.59. The zero-order valence-corrected chi connectivity index (χ0v) is 21.4. The molecular formula is C29H48O2. The molecule has 0 aromatic rings. The fourth-order valence-corrected chi connectivity index (χ4v) is 9.15. The molecule has 4 aliphatic rings. The molecule has 0 radical (unpaired) electrons. The van der Waals surface area contributed by atoms with E-state index in [1.165, 1.54) is 31.3 Å². The maximum atomic E-state index is 12.7. The van der Waals surface area contributed by atoms with Crippen LogP contribution in [0.2, 0.25) is 0 Å². The van der Waals surface area contributed by atoms with Crippen molar-refractivity contribution < 1.29 is 9.90 Å². The molecule has 4 aliphatic carbocycles. The minimum atomic E-state index is -0.508. The summed E-state index contributed by atoms with van der Waals surface area (Å²) in [4.78, 5) is 12.7. The Morgan fingerprint density at radius 3 is 2.35 bits per heavy atom. The summed E-state index contributed by atoms with van der Waals surface area (Å²) in [5, 5.41) is 12.1. The molecule has 3 fully saturated rings. The van der Waals surface area contributed by atoms with Gasteiger partial charge in [0, 0.05) is 11.8 Å². The van der Waals surface area contributed by atoms with Gasteiger partial charge in [-0.3, -0.25) is 4.79 Å². The number of hydrogen-bond acceptors (Lipinski definition) is 2. The van der Waals surface area contributed by atoms with Gasteiger partial charge in [0.05, 0.1) is 5.60 Å². The average Bonchev–Trinajstić information content (AvgIpc) is 2.97. The first-order chi connectivity index (χ1) is 14.4. The molecule has 0 heterocycles. The first-order valence-electron chi connectivity index (χ1n) is 13.3. The van der Waals surface area contributed by atoms with Gasteiger partial charge in [-0.1, -0.05) is 59.1 Å². The normalized spacial score (nSPS) is 45.0. The van der Waals surface area contributed by atoms with Crippen molar-refractivity contribution in [2.75, 3.05) is 0 Å². The van der Waals surface area contributed by atoms with Gasteiger partial charge in [0.25, 0.3) is 0 Å². The maximum absolute atomic E-state index is 12.7. The van der Waals surface area contributed by atoms with Crippen molar-refractivity contribution in [3.63, 3.8) is 0 Å². The van der Waals surface area contributed by atoms with Gasteiger partial charge in [-0.05, 0) is 99.2 Å². The van der Waals surface area contributed by atoms with Gasteiger partial charge in [-0.2, -0.15) is 0 Å². The fourth-order valence-electron chi connectivity index (χ4n) is 9.15. The van der Waals surface area contributed by atoms with E-state index in [4.69, 9.17) is 0 Å². The molecule has 0 aromatic heterocycles.